The van der Waals surface area contributed by atoms with E-state index in [9.17, 15) is 4.39 Å². The molecule has 0 amide bonds. The third kappa shape index (κ3) is 3.53. The van der Waals surface area contributed by atoms with Crippen molar-refractivity contribution in [3.05, 3.63) is 68.4 Å². The number of benzene rings is 2. The molecule has 2 aromatic rings. The van der Waals surface area contributed by atoms with Crippen LogP contribution in [0.15, 0.2) is 34.8 Å². The molecule has 0 radical (unpaired) electrons. The van der Waals surface area contributed by atoms with Crippen molar-refractivity contribution < 1.29 is 4.39 Å². The number of aryl methyl sites for hydroxylation is 3. The van der Waals surface area contributed by atoms with Crippen molar-refractivity contribution in [3.63, 3.8) is 0 Å². The standard InChI is InChI=1S/C18H21BrFN/c1-5-21-18(15-8-11(2)6-7-16(15)19)14-9-12(3)17(20)13(4)10-14/h6-10,18,21H,5H2,1-4H3. The Kier molecular flexibility index (Phi) is 5.17. The van der Waals surface area contributed by atoms with E-state index >= 15 is 0 Å². The zero-order valence-corrected chi connectivity index (χ0v) is 14.5. The van der Waals surface area contributed by atoms with Gasteiger partial charge in [0.05, 0.1) is 6.04 Å². The molecule has 112 valence electrons. The summed E-state index contributed by atoms with van der Waals surface area (Å²) in [5, 5.41) is 3.50. The molecule has 21 heavy (non-hydrogen) atoms. The molecule has 0 saturated heterocycles. The fraction of sp³-hybridized carbons (Fsp3) is 0.333. The van der Waals surface area contributed by atoms with Gasteiger partial charge in [-0.15, -0.1) is 0 Å². The molecule has 1 N–H and O–H groups in total. The van der Waals surface area contributed by atoms with Gasteiger partial charge < -0.3 is 5.32 Å². The summed E-state index contributed by atoms with van der Waals surface area (Å²) in [6, 6.07) is 10.2. The van der Waals surface area contributed by atoms with Crippen LogP contribution < -0.4 is 5.32 Å². The summed E-state index contributed by atoms with van der Waals surface area (Å²) in [5.41, 5.74) is 4.88. The van der Waals surface area contributed by atoms with E-state index in [0.29, 0.717) is 11.1 Å². The maximum atomic E-state index is 13.9. The van der Waals surface area contributed by atoms with Gasteiger partial charge in [-0.25, -0.2) is 4.39 Å². The van der Waals surface area contributed by atoms with E-state index in [0.717, 1.165) is 16.6 Å². The highest BCUT2D eigenvalue weighted by Gasteiger charge is 2.18. The second-order valence-corrected chi connectivity index (χ2v) is 6.34. The SMILES string of the molecule is CCNC(c1cc(C)c(F)c(C)c1)c1cc(C)ccc1Br. The first kappa shape index (κ1) is 16.2. The van der Waals surface area contributed by atoms with E-state index in [2.05, 4.69) is 53.3 Å². The molecule has 0 aromatic heterocycles. The van der Waals surface area contributed by atoms with Gasteiger partial charge in [0.2, 0.25) is 0 Å². The van der Waals surface area contributed by atoms with Crippen LogP contribution in [0.4, 0.5) is 4.39 Å². The summed E-state index contributed by atoms with van der Waals surface area (Å²) in [7, 11) is 0. The van der Waals surface area contributed by atoms with Crippen molar-refractivity contribution in [2.45, 2.75) is 33.7 Å². The zero-order chi connectivity index (χ0) is 15.6. The molecule has 3 heteroatoms. The van der Waals surface area contributed by atoms with E-state index < -0.39 is 0 Å². The maximum Gasteiger partial charge on any atom is 0.129 e. The van der Waals surface area contributed by atoms with Gasteiger partial charge in [-0.1, -0.05) is 52.7 Å². The lowest BCUT2D eigenvalue weighted by molar-refractivity contribution is 0.598. The van der Waals surface area contributed by atoms with Crippen molar-refractivity contribution in [2.75, 3.05) is 6.54 Å². The molecule has 2 rings (SSSR count). The Morgan fingerprint density at radius 1 is 1.10 bits per heavy atom. The first-order valence-corrected chi connectivity index (χ1v) is 7.99. The molecule has 0 aliphatic rings. The number of rotatable bonds is 4. The molecule has 0 aliphatic heterocycles. The van der Waals surface area contributed by atoms with E-state index in [4.69, 9.17) is 0 Å². The number of nitrogens with one attached hydrogen (secondary N) is 1. The molecule has 1 nitrogen and oxygen atoms in total. The van der Waals surface area contributed by atoms with Crippen molar-refractivity contribution in [3.8, 4) is 0 Å². The number of hydrogen-bond acceptors (Lipinski definition) is 1. The summed E-state index contributed by atoms with van der Waals surface area (Å²) in [4.78, 5) is 0. The van der Waals surface area contributed by atoms with Crippen LogP contribution in [-0.4, -0.2) is 6.54 Å². The van der Waals surface area contributed by atoms with Gasteiger partial charge in [0, 0.05) is 4.47 Å². The predicted molar refractivity (Wildman–Crippen MR) is 90.3 cm³/mol. The summed E-state index contributed by atoms with van der Waals surface area (Å²) >= 11 is 3.64. The van der Waals surface area contributed by atoms with Gasteiger partial charge in [0.1, 0.15) is 5.82 Å². The fourth-order valence-electron chi connectivity index (χ4n) is 2.64. The molecule has 0 fully saturated rings. The lowest BCUT2D eigenvalue weighted by atomic mass is 9.94. The minimum atomic E-state index is -0.114. The Balaban J connectivity index is 2.56. The first-order chi connectivity index (χ1) is 9.93. The smallest absolute Gasteiger partial charge is 0.129 e. The Labute approximate surface area is 134 Å². The topological polar surface area (TPSA) is 12.0 Å². The lowest BCUT2D eigenvalue weighted by Crippen LogP contribution is -2.23. The fourth-order valence-corrected chi connectivity index (χ4v) is 3.12. The average molecular weight is 350 g/mol. The average Bonchev–Trinajstić information content (AvgIpc) is 2.44. The minimum absolute atomic E-state index is 0.0577. The van der Waals surface area contributed by atoms with Gasteiger partial charge in [-0.2, -0.15) is 0 Å². The second kappa shape index (κ2) is 6.71. The Morgan fingerprint density at radius 2 is 1.71 bits per heavy atom. The van der Waals surface area contributed by atoms with Crippen molar-refractivity contribution in [1.29, 1.82) is 0 Å². The highest BCUT2D eigenvalue weighted by molar-refractivity contribution is 9.10. The Bertz CT molecular complexity index is 629. The highest BCUT2D eigenvalue weighted by Crippen LogP contribution is 2.31. The molecular formula is C18H21BrFN. The largest absolute Gasteiger partial charge is 0.306 e. The second-order valence-electron chi connectivity index (χ2n) is 5.48. The van der Waals surface area contributed by atoms with Crippen LogP contribution in [0.2, 0.25) is 0 Å². The van der Waals surface area contributed by atoms with Crippen LogP contribution in [0.1, 0.15) is 40.8 Å². The van der Waals surface area contributed by atoms with Crippen LogP contribution in [0, 0.1) is 26.6 Å². The van der Waals surface area contributed by atoms with E-state index in [1.165, 1.54) is 11.1 Å². The summed E-state index contributed by atoms with van der Waals surface area (Å²) in [6.45, 7) is 8.65. The summed E-state index contributed by atoms with van der Waals surface area (Å²) < 4.78 is 14.9. The summed E-state index contributed by atoms with van der Waals surface area (Å²) in [6.07, 6.45) is 0. The van der Waals surface area contributed by atoms with E-state index in [-0.39, 0.29) is 11.9 Å². The normalized spacial score (nSPS) is 12.5. The van der Waals surface area contributed by atoms with Gasteiger partial charge in [0.15, 0.2) is 0 Å². The molecule has 0 aliphatic carbocycles. The quantitative estimate of drug-likeness (QED) is 0.798. The van der Waals surface area contributed by atoms with Crippen LogP contribution in [0.3, 0.4) is 0 Å². The molecule has 0 spiro atoms. The molecule has 0 heterocycles. The van der Waals surface area contributed by atoms with Crippen LogP contribution in [0.25, 0.3) is 0 Å². The molecular weight excluding hydrogens is 329 g/mol. The Hall–Kier alpha value is -1.19. The highest BCUT2D eigenvalue weighted by atomic mass is 79.9. The van der Waals surface area contributed by atoms with Crippen molar-refractivity contribution in [2.24, 2.45) is 0 Å². The molecule has 1 atom stereocenters. The van der Waals surface area contributed by atoms with E-state index in [1.54, 1.807) is 0 Å². The molecule has 0 bridgehead atoms. The van der Waals surface area contributed by atoms with E-state index in [1.807, 2.05) is 26.0 Å². The van der Waals surface area contributed by atoms with Gasteiger partial charge in [-0.3, -0.25) is 0 Å². The monoisotopic (exact) mass is 349 g/mol. The number of hydrogen-bond donors (Lipinski definition) is 1. The van der Waals surface area contributed by atoms with Gasteiger partial charge in [-0.05, 0) is 55.6 Å². The minimum Gasteiger partial charge on any atom is -0.306 e. The van der Waals surface area contributed by atoms with Crippen molar-refractivity contribution in [1.82, 2.24) is 5.32 Å². The molecule has 0 saturated carbocycles. The lowest BCUT2D eigenvalue weighted by Gasteiger charge is -2.22. The van der Waals surface area contributed by atoms with Gasteiger partial charge in [0.25, 0.3) is 0 Å². The Morgan fingerprint density at radius 3 is 2.29 bits per heavy atom. The number of halogens is 2. The third-order valence-corrected chi connectivity index (χ3v) is 4.39. The first-order valence-electron chi connectivity index (χ1n) is 7.20. The zero-order valence-electron chi connectivity index (χ0n) is 12.9. The van der Waals surface area contributed by atoms with Gasteiger partial charge >= 0.3 is 0 Å². The van der Waals surface area contributed by atoms with Crippen LogP contribution in [-0.2, 0) is 0 Å². The third-order valence-electron chi connectivity index (χ3n) is 3.66. The molecule has 1 unspecified atom stereocenters. The maximum absolute atomic E-state index is 13.9. The molecule has 2 aromatic carbocycles. The summed E-state index contributed by atoms with van der Waals surface area (Å²) in [5.74, 6) is -0.114. The van der Waals surface area contributed by atoms with Crippen LogP contribution in [0.5, 0.6) is 0 Å². The van der Waals surface area contributed by atoms with Crippen LogP contribution >= 0.6 is 15.9 Å². The van der Waals surface area contributed by atoms with Crippen molar-refractivity contribution >= 4 is 15.9 Å². The predicted octanol–water partition coefficient (Wildman–Crippen LogP) is 5.21.